The Morgan fingerprint density at radius 3 is 2.84 bits per heavy atom. The standard InChI is InChI=1S/C14H13NO2S2/c1-3-5-9-6-4-7-10(12(9)16)8-11-13(17)15(2)14(18)19-11/h3-4,6-8,16H,1,5H2,2H3. The first-order valence-corrected chi connectivity index (χ1v) is 6.90. The molecule has 0 aliphatic carbocycles. The lowest BCUT2D eigenvalue weighted by Gasteiger charge is -2.06. The van der Waals surface area contributed by atoms with Crippen molar-refractivity contribution in [3.63, 3.8) is 0 Å². The second-order valence-corrected chi connectivity index (χ2v) is 5.76. The van der Waals surface area contributed by atoms with E-state index in [0.717, 1.165) is 5.56 Å². The van der Waals surface area contributed by atoms with Gasteiger partial charge in [-0.25, -0.2) is 0 Å². The first kappa shape index (κ1) is 13.8. The predicted octanol–water partition coefficient (Wildman–Crippen LogP) is 2.95. The molecule has 2 rings (SSSR count). The highest BCUT2D eigenvalue weighted by atomic mass is 32.2. The van der Waals surface area contributed by atoms with Gasteiger partial charge in [-0.15, -0.1) is 6.58 Å². The average molecular weight is 291 g/mol. The molecule has 0 radical (unpaired) electrons. The molecule has 1 aliphatic rings. The number of amides is 1. The van der Waals surface area contributed by atoms with E-state index < -0.39 is 0 Å². The van der Waals surface area contributed by atoms with E-state index in [2.05, 4.69) is 6.58 Å². The van der Waals surface area contributed by atoms with E-state index in [4.69, 9.17) is 12.2 Å². The van der Waals surface area contributed by atoms with E-state index in [1.165, 1.54) is 16.7 Å². The number of para-hydroxylation sites is 1. The fourth-order valence-electron chi connectivity index (χ4n) is 1.73. The summed E-state index contributed by atoms with van der Waals surface area (Å²) in [4.78, 5) is 13.8. The Morgan fingerprint density at radius 2 is 2.26 bits per heavy atom. The third-order valence-electron chi connectivity index (χ3n) is 2.79. The van der Waals surface area contributed by atoms with Crippen LogP contribution < -0.4 is 0 Å². The van der Waals surface area contributed by atoms with Crippen molar-refractivity contribution in [1.29, 1.82) is 0 Å². The molecule has 1 fully saturated rings. The number of benzene rings is 1. The molecular weight excluding hydrogens is 278 g/mol. The molecule has 0 spiro atoms. The van der Waals surface area contributed by atoms with Crippen molar-refractivity contribution in [3.05, 3.63) is 46.9 Å². The fraction of sp³-hybridized carbons (Fsp3) is 0.143. The van der Waals surface area contributed by atoms with Crippen LogP contribution in [0.25, 0.3) is 6.08 Å². The summed E-state index contributed by atoms with van der Waals surface area (Å²) in [5.41, 5.74) is 1.41. The van der Waals surface area contributed by atoms with Crippen LogP contribution in [0.5, 0.6) is 5.75 Å². The number of likely N-dealkylation sites (N-methyl/N-ethyl adjacent to an activating group) is 1. The molecule has 1 amide bonds. The van der Waals surface area contributed by atoms with Gasteiger partial charge in [-0.3, -0.25) is 9.69 Å². The zero-order valence-electron chi connectivity index (χ0n) is 10.4. The summed E-state index contributed by atoms with van der Waals surface area (Å²) in [7, 11) is 1.65. The second-order valence-electron chi connectivity index (χ2n) is 4.09. The molecule has 1 N–H and O–H groups in total. The number of carbonyl (C=O) groups is 1. The minimum Gasteiger partial charge on any atom is -0.507 e. The Morgan fingerprint density at radius 1 is 1.53 bits per heavy atom. The lowest BCUT2D eigenvalue weighted by molar-refractivity contribution is -0.121. The average Bonchev–Trinajstić information content (AvgIpc) is 2.62. The predicted molar refractivity (Wildman–Crippen MR) is 82.9 cm³/mol. The van der Waals surface area contributed by atoms with Crippen molar-refractivity contribution in [2.24, 2.45) is 0 Å². The maximum Gasteiger partial charge on any atom is 0.265 e. The van der Waals surface area contributed by atoms with Crippen LogP contribution in [-0.2, 0) is 11.2 Å². The van der Waals surface area contributed by atoms with Gasteiger partial charge in [0, 0.05) is 12.6 Å². The summed E-state index contributed by atoms with van der Waals surface area (Å²) in [5, 5.41) is 10.1. The van der Waals surface area contributed by atoms with Gasteiger partial charge >= 0.3 is 0 Å². The van der Waals surface area contributed by atoms with Crippen LogP contribution in [0, 0.1) is 0 Å². The van der Waals surface area contributed by atoms with Gasteiger partial charge in [-0.1, -0.05) is 48.3 Å². The molecule has 0 bridgehead atoms. The first-order chi connectivity index (χ1) is 9.04. The van der Waals surface area contributed by atoms with E-state index in [-0.39, 0.29) is 11.7 Å². The van der Waals surface area contributed by atoms with Crippen molar-refractivity contribution in [2.45, 2.75) is 6.42 Å². The zero-order valence-corrected chi connectivity index (χ0v) is 12.1. The Hall–Kier alpha value is -1.59. The van der Waals surface area contributed by atoms with Gasteiger partial charge in [0.2, 0.25) is 0 Å². The number of carbonyl (C=O) groups excluding carboxylic acids is 1. The molecule has 1 heterocycles. The quantitative estimate of drug-likeness (QED) is 0.528. The number of allylic oxidation sites excluding steroid dienone is 1. The Bertz CT molecular complexity index is 593. The molecule has 0 atom stereocenters. The molecular formula is C14H13NO2S2. The minimum atomic E-state index is -0.136. The van der Waals surface area contributed by atoms with Crippen molar-refractivity contribution < 1.29 is 9.90 Å². The number of thiocarbonyl (C=S) groups is 1. The van der Waals surface area contributed by atoms with Crippen LogP contribution >= 0.6 is 24.0 Å². The summed E-state index contributed by atoms with van der Waals surface area (Å²) in [6.07, 6.45) is 3.98. The summed E-state index contributed by atoms with van der Waals surface area (Å²) in [6, 6.07) is 5.45. The fourth-order valence-corrected chi connectivity index (χ4v) is 2.91. The van der Waals surface area contributed by atoms with Crippen molar-refractivity contribution >= 4 is 40.3 Å². The SMILES string of the molecule is C=CCc1cccc(C=C2SC(=S)N(C)C2=O)c1O. The summed E-state index contributed by atoms with van der Waals surface area (Å²) < 4.78 is 0.526. The van der Waals surface area contributed by atoms with E-state index in [9.17, 15) is 9.90 Å². The largest absolute Gasteiger partial charge is 0.507 e. The number of hydrogen-bond acceptors (Lipinski definition) is 4. The lowest BCUT2D eigenvalue weighted by Crippen LogP contribution is -2.22. The molecule has 1 aliphatic heterocycles. The van der Waals surface area contributed by atoms with Crippen molar-refractivity contribution in [3.8, 4) is 5.75 Å². The molecule has 1 aromatic carbocycles. The number of thioether (sulfide) groups is 1. The van der Waals surface area contributed by atoms with E-state index >= 15 is 0 Å². The maximum atomic E-state index is 11.9. The van der Waals surface area contributed by atoms with Crippen LogP contribution in [0.2, 0.25) is 0 Å². The van der Waals surface area contributed by atoms with Crippen LogP contribution in [0.3, 0.4) is 0 Å². The van der Waals surface area contributed by atoms with Crippen LogP contribution in [0.15, 0.2) is 35.8 Å². The summed E-state index contributed by atoms with van der Waals surface area (Å²) in [5.74, 6) is 0.0484. The van der Waals surface area contributed by atoms with Gasteiger partial charge < -0.3 is 5.11 Å². The Labute approximate surface area is 121 Å². The number of aromatic hydroxyl groups is 1. The molecule has 3 nitrogen and oxygen atoms in total. The van der Waals surface area contributed by atoms with Gasteiger partial charge in [0.05, 0.1) is 4.91 Å². The summed E-state index contributed by atoms with van der Waals surface area (Å²) in [6.45, 7) is 3.65. The van der Waals surface area contributed by atoms with Gasteiger partial charge in [0.15, 0.2) is 0 Å². The normalized spacial score (nSPS) is 17.3. The minimum absolute atomic E-state index is 0.136. The molecule has 5 heteroatoms. The van der Waals surface area contributed by atoms with Gasteiger partial charge in [0.1, 0.15) is 10.1 Å². The monoisotopic (exact) mass is 291 g/mol. The number of nitrogens with zero attached hydrogens (tertiary/aromatic N) is 1. The van der Waals surface area contributed by atoms with Crippen LogP contribution in [0.1, 0.15) is 11.1 Å². The second kappa shape index (κ2) is 5.59. The lowest BCUT2D eigenvalue weighted by atomic mass is 10.1. The molecule has 1 saturated heterocycles. The van der Waals surface area contributed by atoms with E-state index in [1.54, 1.807) is 25.3 Å². The van der Waals surface area contributed by atoms with E-state index in [1.807, 2.05) is 12.1 Å². The zero-order chi connectivity index (χ0) is 14.0. The third-order valence-corrected chi connectivity index (χ3v) is 4.27. The highest BCUT2D eigenvalue weighted by Crippen LogP contribution is 2.34. The number of phenols is 1. The summed E-state index contributed by atoms with van der Waals surface area (Å²) >= 11 is 6.31. The molecule has 1 aromatic rings. The third kappa shape index (κ3) is 2.72. The number of hydrogen-bond donors (Lipinski definition) is 1. The smallest absolute Gasteiger partial charge is 0.265 e. The number of rotatable bonds is 3. The van der Waals surface area contributed by atoms with Gasteiger partial charge in [-0.2, -0.15) is 0 Å². The molecule has 19 heavy (non-hydrogen) atoms. The van der Waals surface area contributed by atoms with Crippen molar-refractivity contribution in [2.75, 3.05) is 7.05 Å². The highest BCUT2D eigenvalue weighted by molar-refractivity contribution is 8.26. The maximum absolute atomic E-state index is 11.9. The molecule has 0 saturated carbocycles. The van der Waals surface area contributed by atoms with Gasteiger partial charge in [-0.05, 0) is 18.1 Å². The Balaban J connectivity index is 2.39. The number of phenolic OH excluding ortho intramolecular Hbond substituents is 1. The first-order valence-electron chi connectivity index (χ1n) is 5.68. The van der Waals surface area contributed by atoms with Crippen LogP contribution in [-0.4, -0.2) is 27.3 Å². The molecule has 0 aromatic heterocycles. The Kier molecular flexibility index (Phi) is 4.07. The highest BCUT2D eigenvalue weighted by Gasteiger charge is 2.28. The molecule has 0 unspecified atom stereocenters. The van der Waals surface area contributed by atoms with Gasteiger partial charge in [0.25, 0.3) is 5.91 Å². The van der Waals surface area contributed by atoms with E-state index in [0.29, 0.717) is 21.2 Å². The topological polar surface area (TPSA) is 40.5 Å². The van der Waals surface area contributed by atoms with Crippen molar-refractivity contribution in [1.82, 2.24) is 4.90 Å². The molecule has 98 valence electrons. The van der Waals surface area contributed by atoms with Crippen LogP contribution in [0.4, 0.5) is 0 Å².